The van der Waals surface area contributed by atoms with Gasteiger partial charge in [0.25, 0.3) is 5.91 Å². The SMILES string of the molecule is COC(=O)CC[C@H](NC(=O)Cc1c(C)n(C(=O)c2ccc(Cl)cc2)c2ccc(OC)cc12)C(=O)O. The van der Waals surface area contributed by atoms with E-state index in [0.717, 1.165) is 0 Å². The maximum Gasteiger partial charge on any atom is 0.326 e. The molecule has 0 aliphatic carbocycles. The number of aliphatic carboxylic acids is 1. The number of aromatic nitrogens is 1. The highest BCUT2D eigenvalue weighted by atomic mass is 35.5. The topological polar surface area (TPSA) is 124 Å². The molecule has 10 heteroatoms. The molecule has 35 heavy (non-hydrogen) atoms. The molecular weight excluding hydrogens is 476 g/mol. The van der Waals surface area contributed by atoms with Crippen LogP contribution in [0, 0.1) is 6.92 Å². The molecule has 9 nitrogen and oxygen atoms in total. The number of carbonyl (C=O) groups is 4. The van der Waals surface area contributed by atoms with Crippen molar-refractivity contribution >= 4 is 46.3 Å². The summed E-state index contributed by atoms with van der Waals surface area (Å²) < 4.78 is 11.4. The standard InChI is InChI=1S/C25H25ClN2O7/c1-14-18(13-22(29)27-20(25(32)33)9-11-23(30)35-3)19-12-17(34-2)8-10-21(19)28(14)24(31)15-4-6-16(26)7-5-15/h4-8,10,12,20H,9,11,13H2,1-3H3,(H,27,29)(H,32,33)/t20-/m0/s1. The second-order valence-corrected chi connectivity index (χ2v) is 8.28. The number of carbonyl (C=O) groups excluding carboxylic acids is 3. The Labute approximate surface area is 206 Å². The zero-order chi connectivity index (χ0) is 25.7. The zero-order valence-corrected chi connectivity index (χ0v) is 20.2. The van der Waals surface area contributed by atoms with E-state index >= 15 is 0 Å². The normalized spacial score (nSPS) is 11.7. The monoisotopic (exact) mass is 500 g/mol. The number of ether oxygens (including phenoxy) is 2. The summed E-state index contributed by atoms with van der Waals surface area (Å²) in [5.41, 5.74) is 2.07. The van der Waals surface area contributed by atoms with E-state index in [-0.39, 0.29) is 25.2 Å². The number of methoxy groups -OCH3 is 2. The van der Waals surface area contributed by atoms with Gasteiger partial charge in [0.05, 0.1) is 26.2 Å². The van der Waals surface area contributed by atoms with Crippen molar-refractivity contribution in [2.45, 2.75) is 32.2 Å². The summed E-state index contributed by atoms with van der Waals surface area (Å²) in [7, 11) is 2.71. The van der Waals surface area contributed by atoms with E-state index < -0.39 is 23.9 Å². The highest BCUT2D eigenvalue weighted by molar-refractivity contribution is 6.30. The molecule has 0 aliphatic rings. The lowest BCUT2D eigenvalue weighted by molar-refractivity contribution is -0.144. The van der Waals surface area contributed by atoms with Gasteiger partial charge in [-0.2, -0.15) is 0 Å². The van der Waals surface area contributed by atoms with Gasteiger partial charge in [0.15, 0.2) is 0 Å². The van der Waals surface area contributed by atoms with E-state index in [1.54, 1.807) is 49.4 Å². The predicted molar refractivity (Wildman–Crippen MR) is 129 cm³/mol. The van der Waals surface area contributed by atoms with Crippen LogP contribution in [0.15, 0.2) is 42.5 Å². The molecule has 1 atom stereocenters. The number of carboxylic acid groups (broad SMARTS) is 1. The maximum absolute atomic E-state index is 13.4. The van der Waals surface area contributed by atoms with Gasteiger partial charge >= 0.3 is 11.9 Å². The lowest BCUT2D eigenvalue weighted by Crippen LogP contribution is -2.41. The predicted octanol–water partition coefficient (Wildman–Crippen LogP) is 3.37. The van der Waals surface area contributed by atoms with Crippen molar-refractivity contribution in [1.29, 1.82) is 0 Å². The van der Waals surface area contributed by atoms with Gasteiger partial charge in [0.2, 0.25) is 5.91 Å². The van der Waals surface area contributed by atoms with Gasteiger partial charge in [-0.1, -0.05) is 11.6 Å². The molecule has 2 N–H and O–H groups in total. The average molecular weight is 501 g/mol. The van der Waals surface area contributed by atoms with Crippen LogP contribution in [-0.4, -0.2) is 53.7 Å². The van der Waals surface area contributed by atoms with Crippen molar-refractivity contribution in [3.05, 3.63) is 64.3 Å². The van der Waals surface area contributed by atoms with Crippen molar-refractivity contribution in [2.75, 3.05) is 14.2 Å². The number of rotatable bonds is 9. The number of amides is 1. The molecule has 0 saturated carbocycles. The Morgan fingerprint density at radius 1 is 1.09 bits per heavy atom. The molecule has 0 bridgehead atoms. The fraction of sp³-hybridized carbons (Fsp3) is 0.280. The molecule has 1 amide bonds. The highest BCUT2D eigenvalue weighted by Crippen LogP contribution is 2.31. The summed E-state index contributed by atoms with van der Waals surface area (Å²) in [6.07, 6.45) is -0.450. The molecule has 0 spiro atoms. The number of fused-ring (bicyclic) bond motifs is 1. The van der Waals surface area contributed by atoms with Gasteiger partial charge in [0, 0.05) is 28.1 Å². The lowest BCUT2D eigenvalue weighted by Gasteiger charge is -2.14. The molecule has 0 aliphatic heterocycles. The zero-order valence-electron chi connectivity index (χ0n) is 19.5. The molecule has 0 fully saturated rings. The second-order valence-electron chi connectivity index (χ2n) is 7.84. The van der Waals surface area contributed by atoms with Gasteiger partial charge in [0.1, 0.15) is 11.8 Å². The number of carboxylic acids is 1. The number of esters is 1. The Kier molecular flexibility index (Phi) is 8.14. The summed E-state index contributed by atoms with van der Waals surface area (Å²) in [6.45, 7) is 1.72. The van der Waals surface area contributed by atoms with Crippen LogP contribution in [0.25, 0.3) is 10.9 Å². The average Bonchev–Trinajstić information content (AvgIpc) is 3.11. The Bertz CT molecular complexity index is 1280. The third kappa shape index (κ3) is 5.81. The van der Waals surface area contributed by atoms with Crippen LogP contribution < -0.4 is 10.1 Å². The Morgan fingerprint density at radius 3 is 2.37 bits per heavy atom. The largest absolute Gasteiger partial charge is 0.497 e. The van der Waals surface area contributed by atoms with Crippen LogP contribution in [0.1, 0.15) is 34.5 Å². The van der Waals surface area contributed by atoms with E-state index in [0.29, 0.717) is 38.5 Å². The first kappa shape index (κ1) is 25.8. The Balaban J connectivity index is 1.96. The summed E-state index contributed by atoms with van der Waals surface area (Å²) in [5, 5.41) is 13.0. The Morgan fingerprint density at radius 2 is 1.77 bits per heavy atom. The lowest BCUT2D eigenvalue weighted by atomic mass is 10.1. The minimum atomic E-state index is -1.26. The van der Waals surface area contributed by atoms with Gasteiger partial charge in [-0.25, -0.2) is 4.79 Å². The number of halogens is 1. The number of benzene rings is 2. The van der Waals surface area contributed by atoms with Crippen LogP contribution in [0.5, 0.6) is 5.75 Å². The smallest absolute Gasteiger partial charge is 0.326 e. The molecule has 184 valence electrons. The number of hydrogen-bond donors (Lipinski definition) is 2. The minimum Gasteiger partial charge on any atom is -0.497 e. The van der Waals surface area contributed by atoms with Crippen LogP contribution in [0.3, 0.4) is 0 Å². The first-order valence-electron chi connectivity index (χ1n) is 10.7. The quantitative estimate of drug-likeness (QED) is 0.432. The Hall–Kier alpha value is -3.85. The highest BCUT2D eigenvalue weighted by Gasteiger charge is 2.25. The fourth-order valence-electron chi connectivity index (χ4n) is 3.82. The molecule has 2 aromatic carbocycles. The summed E-state index contributed by atoms with van der Waals surface area (Å²) >= 11 is 5.95. The summed E-state index contributed by atoms with van der Waals surface area (Å²) in [6, 6.07) is 10.4. The van der Waals surface area contributed by atoms with E-state index in [1.165, 1.54) is 18.8 Å². The van der Waals surface area contributed by atoms with Crippen molar-refractivity contribution in [1.82, 2.24) is 9.88 Å². The van der Waals surface area contributed by atoms with Crippen molar-refractivity contribution in [2.24, 2.45) is 0 Å². The van der Waals surface area contributed by atoms with E-state index in [2.05, 4.69) is 10.1 Å². The van der Waals surface area contributed by atoms with E-state index in [9.17, 15) is 24.3 Å². The number of nitrogens with zero attached hydrogens (tertiary/aromatic N) is 1. The second kappa shape index (κ2) is 11.1. The molecular formula is C25H25ClN2O7. The maximum atomic E-state index is 13.4. The molecule has 0 saturated heterocycles. The summed E-state index contributed by atoms with van der Waals surface area (Å²) in [4.78, 5) is 49.2. The molecule has 3 aromatic rings. The van der Waals surface area contributed by atoms with Crippen molar-refractivity contribution < 1.29 is 33.8 Å². The van der Waals surface area contributed by atoms with E-state index in [1.807, 2.05) is 0 Å². The molecule has 1 heterocycles. The van der Waals surface area contributed by atoms with Crippen LogP contribution in [0.4, 0.5) is 0 Å². The third-order valence-corrected chi connectivity index (χ3v) is 5.92. The van der Waals surface area contributed by atoms with Gasteiger partial charge in [-0.05, 0) is 61.4 Å². The first-order valence-corrected chi connectivity index (χ1v) is 11.1. The van der Waals surface area contributed by atoms with Crippen LogP contribution >= 0.6 is 11.6 Å². The number of nitrogens with one attached hydrogen (secondary N) is 1. The van der Waals surface area contributed by atoms with Crippen LogP contribution in [0.2, 0.25) is 5.02 Å². The van der Waals surface area contributed by atoms with Gasteiger partial charge in [-0.3, -0.25) is 19.0 Å². The minimum absolute atomic E-state index is 0.114. The van der Waals surface area contributed by atoms with Crippen molar-refractivity contribution in [3.8, 4) is 5.75 Å². The fourth-order valence-corrected chi connectivity index (χ4v) is 3.95. The molecule has 0 unspecified atom stereocenters. The van der Waals surface area contributed by atoms with Gasteiger partial charge in [-0.15, -0.1) is 0 Å². The molecule has 3 rings (SSSR count). The van der Waals surface area contributed by atoms with Gasteiger partial charge < -0.3 is 19.9 Å². The van der Waals surface area contributed by atoms with Crippen molar-refractivity contribution in [3.63, 3.8) is 0 Å². The first-order chi connectivity index (χ1) is 16.7. The third-order valence-electron chi connectivity index (χ3n) is 5.67. The molecule has 0 radical (unpaired) electrons. The van der Waals surface area contributed by atoms with Crippen LogP contribution in [-0.2, 0) is 25.5 Å². The summed E-state index contributed by atoms with van der Waals surface area (Å²) in [5.74, 6) is -2.16. The number of hydrogen-bond acceptors (Lipinski definition) is 6. The molecule has 1 aromatic heterocycles. The van der Waals surface area contributed by atoms with E-state index in [4.69, 9.17) is 16.3 Å².